The second kappa shape index (κ2) is 4.76. The molecule has 2 rings (SSSR count). The van der Waals surface area contributed by atoms with Gasteiger partial charge < -0.3 is 0 Å². The van der Waals surface area contributed by atoms with Gasteiger partial charge in [0.05, 0.1) is 3.58 Å². The molecule has 0 saturated carbocycles. The van der Waals surface area contributed by atoms with Crippen molar-refractivity contribution < 1.29 is 4.79 Å². The van der Waals surface area contributed by atoms with Gasteiger partial charge in [0, 0.05) is 18.0 Å². The third-order valence-corrected chi connectivity index (χ3v) is 2.86. The number of amidine groups is 1. The number of aromatic amines is 1. The molecule has 18 heavy (non-hydrogen) atoms. The molecule has 2 amide bonds. The zero-order valence-corrected chi connectivity index (χ0v) is 11.3. The summed E-state index contributed by atoms with van der Waals surface area (Å²) in [5, 5.41) is 3.48. The minimum absolute atomic E-state index is 0.198. The van der Waals surface area contributed by atoms with Gasteiger partial charge in [-0.1, -0.05) is 0 Å². The third-order valence-electron chi connectivity index (χ3n) is 2.07. The van der Waals surface area contributed by atoms with Gasteiger partial charge in [0.1, 0.15) is 0 Å². The molecule has 2 N–H and O–H groups in total. The molecule has 1 aromatic heterocycles. The van der Waals surface area contributed by atoms with Crippen LogP contribution in [0.15, 0.2) is 30.6 Å². The molecule has 8 nitrogen and oxygen atoms in total. The van der Waals surface area contributed by atoms with E-state index in [1.165, 1.54) is 12.4 Å². The predicted octanol–water partition coefficient (Wildman–Crippen LogP) is -0.199. The van der Waals surface area contributed by atoms with Gasteiger partial charge in [-0.25, -0.2) is 14.3 Å². The van der Waals surface area contributed by atoms with Gasteiger partial charge in [-0.15, -0.1) is 0 Å². The summed E-state index contributed by atoms with van der Waals surface area (Å²) in [4.78, 5) is 39.5. The van der Waals surface area contributed by atoms with Gasteiger partial charge in [0.25, 0.3) is 5.56 Å². The van der Waals surface area contributed by atoms with Crippen molar-refractivity contribution >= 4 is 34.5 Å². The Hall–Kier alpha value is -1.91. The number of carbonyl (C=O) groups is 1. The van der Waals surface area contributed by atoms with Crippen LogP contribution in [0.4, 0.5) is 4.79 Å². The van der Waals surface area contributed by atoms with Crippen LogP contribution in [0.3, 0.4) is 0 Å². The highest BCUT2D eigenvalue weighted by Gasteiger charge is 2.14. The lowest BCUT2D eigenvalue weighted by molar-refractivity contribution is 0.251. The number of aromatic nitrogens is 2. The van der Waals surface area contributed by atoms with E-state index in [0.29, 0.717) is 9.14 Å². The lowest BCUT2D eigenvalue weighted by Crippen LogP contribution is -2.39. The molecule has 1 aliphatic heterocycles. The average molecular weight is 360 g/mol. The Morgan fingerprint density at radius 2 is 2.11 bits per heavy atom. The number of hydrogen-bond donors (Lipinski definition) is 2. The van der Waals surface area contributed by atoms with E-state index in [4.69, 9.17) is 0 Å². The number of nitrogens with zero attached hydrogens (tertiary/aromatic N) is 3. The first kappa shape index (κ1) is 12.5. The molecule has 0 spiro atoms. The number of halogens is 1. The van der Waals surface area contributed by atoms with Crippen LogP contribution in [0.1, 0.15) is 5.56 Å². The molecule has 93 valence electrons. The fraction of sp³-hybridized carbons (Fsp3) is 0.111. The van der Waals surface area contributed by atoms with Crippen LogP contribution in [0.5, 0.6) is 0 Å². The van der Waals surface area contributed by atoms with E-state index in [1.807, 2.05) is 22.6 Å². The summed E-state index contributed by atoms with van der Waals surface area (Å²) < 4.78 is 1.61. The van der Waals surface area contributed by atoms with Crippen LogP contribution in [0, 0.1) is 6.92 Å². The molecule has 0 fully saturated rings. The highest BCUT2D eigenvalue weighted by Crippen LogP contribution is 2.10. The number of H-pyrrole nitrogens is 1. The van der Waals surface area contributed by atoms with Crippen LogP contribution in [0.25, 0.3) is 0 Å². The standard InChI is InChI=1S/C9H7IN5O3/c1-4-3-15(9(18)13-7(4)16)14-6-5(10)2-11-8(17)12-6/h2-3H,1H3,(H,12,14,17)(H,13,16,18). The molecule has 9 heteroatoms. The van der Waals surface area contributed by atoms with E-state index >= 15 is 0 Å². The van der Waals surface area contributed by atoms with E-state index in [2.05, 4.69) is 20.7 Å². The Balaban J connectivity index is 2.38. The van der Waals surface area contributed by atoms with Crippen molar-refractivity contribution in [1.82, 2.24) is 15.0 Å². The molecule has 1 radical (unpaired) electrons. The van der Waals surface area contributed by atoms with Crippen molar-refractivity contribution in [2.45, 2.75) is 6.92 Å². The highest BCUT2D eigenvalue weighted by molar-refractivity contribution is 14.1. The first-order valence-corrected chi connectivity index (χ1v) is 5.84. The van der Waals surface area contributed by atoms with Crippen LogP contribution < -0.4 is 22.0 Å². The maximum Gasteiger partial charge on any atom is 0.369 e. The maximum atomic E-state index is 11.5. The van der Waals surface area contributed by atoms with Crippen LogP contribution >= 0.6 is 22.6 Å². The van der Waals surface area contributed by atoms with E-state index < -0.39 is 17.3 Å². The zero-order valence-electron chi connectivity index (χ0n) is 9.10. The Morgan fingerprint density at radius 3 is 2.83 bits per heavy atom. The molecular weight excluding hydrogens is 353 g/mol. The van der Waals surface area contributed by atoms with Crippen molar-refractivity contribution in [2.24, 2.45) is 4.99 Å². The maximum absolute atomic E-state index is 11.5. The number of rotatable bonds is 1. The van der Waals surface area contributed by atoms with Gasteiger partial charge in [-0.05, 0) is 29.5 Å². The Morgan fingerprint density at radius 1 is 1.39 bits per heavy atom. The summed E-state index contributed by atoms with van der Waals surface area (Å²) in [5.41, 5.74) is 1.88. The smallest absolute Gasteiger partial charge is 0.273 e. The van der Waals surface area contributed by atoms with Gasteiger partial charge in [-0.2, -0.15) is 10.3 Å². The molecule has 0 saturated heterocycles. The summed E-state index contributed by atoms with van der Waals surface area (Å²) in [5.74, 6) is 0.198. The zero-order chi connectivity index (χ0) is 13.3. The normalized spacial score (nSPS) is 14.7. The fourth-order valence-corrected chi connectivity index (χ4v) is 1.57. The quantitative estimate of drug-likeness (QED) is 0.676. The number of aryl methyl sites for hydroxylation is 1. The molecule has 2 heterocycles. The molecule has 1 aromatic rings. The summed E-state index contributed by atoms with van der Waals surface area (Å²) in [6, 6.07) is -0.660. The number of amides is 2. The van der Waals surface area contributed by atoms with E-state index in [-0.39, 0.29) is 5.84 Å². The molecule has 0 aromatic carbocycles. The monoisotopic (exact) mass is 360 g/mol. The van der Waals surface area contributed by atoms with Crippen molar-refractivity contribution in [3.63, 3.8) is 0 Å². The minimum Gasteiger partial charge on any atom is -0.273 e. The Labute approximate surface area is 114 Å². The molecular formula is C9H7IN5O3. The number of aliphatic imine (C=N–C) groups is 1. The summed E-state index contributed by atoms with van der Waals surface area (Å²) in [7, 11) is 0. The summed E-state index contributed by atoms with van der Waals surface area (Å²) >= 11 is 1.92. The fourth-order valence-electron chi connectivity index (χ4n) is 1.19. The van der Waals surface area contributed by atoms with E-state index in [0.717, 1.165) is 4.68 Å². The largest absolute Gasteiger partial charge is 0.369 e. The van der Waals surface area contributed by atoms with Crippen molar-refractivity contribution in [3.8, 4) is 0 Å². The number of carbonyl (C=O) groups excluding carboxylic acids is 1. The van der Waals surface area contributed by atoms with Crippen molar-refractivity contribution in [2.75, 3.05) is 5.43 Å². The lowest BCUT2D eigenvalue weighted by Gasteiger charge is -2.13. The second-order valence-electron chi connectivity index (χ2n) is 3.40. The molecule has 0 unspecified atom stereocenters. The van der Waals surface area contributed by atoms with Gasteiger partial charge in [0.2, 0.25) is 0 Å². The van der Waals surface area contributed by atoms with E-state index in [1.54, 1.807) is 6.92 Å². The minimum atomic E-state index is -0.660. The van der Waals surface area contributed by atoms with Gasteiger partial charge >= 0.3 is 11.7 Å². The van der Waals surface area contributed by atoms with Gasteiger partial charge in [-0.3, -0.25) is 15.2 Å². The average Bonchev–Trinajstić information content (AvgIpc) is 2.30. The van der Waals surface area contributed by atoms with Crippen molar-refractivity contribution in [1.29, 1.82) is 0 Å². The molecule has 1 aliphatic rings. The topological polar surface area (TPSA) is 110 Å². The predicted molar refractivity (Wildman–Crippen MR) is 72.5 cm³/mol. The first-order valence-electron chi connectivity index (χ1n) is 4.76. The Bertz CT molecular complexity index is 684. The first-order chi connectivity index (χ1) is 8.47. The number of urea groups is 1. The summed E-state index contributed by atoms with van der Waals surface area (Å²) in [6.07, 6.45) is 2.66. The second-order valence-corrected chi connectivity index (χ2v) is 4.56. The summed E-state index contributed by atoms with van der Waals surface area (Å²) in [6.45, 7) is 1.56. The van der Waals surface area contributed by atoms with Crippen LogP contribution in [-0.4, -0.2) is 21.5 Å². The molecule has 0 atom stereocenters. The van der Waals surface area contributed by atoms with E-state index in [9.17, 15) is 14.4 Å². The van der Waals surface area contributed by atoms with Crippen LogP contribution in [-0.2, 0) is 0 Å². The van der Waals surface area contributed by atoms with Crippen LogP contribution in [0.2, 0.25) is 0 Å². The Kier molecular flexibility index (Phi) is 3.32. The number of nitrogens with one attached hydrogen (secondary N) is 2. The van der Waals surface area contributed by atoms with Gasteiger partial charge in [0.15, 0.2) is 5.84 Å². The molecule has 0 bridgehead atoms. The lowest BCUT2D eigenvalue weighted by atomic mass is 10.4. The van der Waals surface area contributed by atoms with Crippen molar-refractivity contribution in [3.05, 3.63) is 42.4 Å². The third kappa shape index (κ3) is 2.50. The molecule has 0 aliphatic carbocycles. The highest BCUT2D eigenvalue weighted by atomic mass is 127. The number of hydrogen-bond acceptors (Lipinski definition) is 4. The SMILES string of the molecule is Cc1cn(NC2=NC(=O)[N]C=C2I)c(=O)[nH]c1=O.